The lowest BCUT2D eigenvalue weighted by molar-refractivity contribution is -0.387. The summed E-state index contributed by atoms with van der Waals surface area (Å²) in [4.78, 5) is 32.2. The Morgan fingerprint density at radius 1 is 1.53 bits per heavy atom. The van der Waals surface area contributed by atoms with Gasteiger partial charge in [0.1, 0.15) is 0 Å². The van der Waals surface area contributed by atoms with Crippen LogP contribution in [0.2, 0.25) is 0 Å². The molecule has 1 N–H and O–H groups in total. The molecule has 0 bridgehead atoms. The number of hydrogen-bond donors (Lipinski definition) is 1. The lowest BCUT2D eigenvalue weighted by Crippen LogP contribution is -2.14. The number of carbonyl (C=O) groups is 1. The number of aldehydes is 1. The average Bonchev–Trinajstić information content (AvgIpc) is 2.15. The summed E-state index contributed by atoms with van der Waals surface area (Å²) >= 11 is 0. The number of carbonyl (C=O) groups excluding carboxylic acids is 1. The first-order valence-corrected chi connectivity index (χ1v) is 3.62. The van der Waals surface area contributed by atoms with Crippen LogP contribution < -0.4 is 5.43 Å². The van der Waals surface area contributed by atoms with Gasteiger partial charge in [0, 0.05) is 6.07 Å². The Bertz CT molecular complexity index is 469. The molecule has 1 aromatic heterocycles. The van der Waals surface area contributed by atoms with Crippen LogP contribution in [-0.4, -0.2) is 16.2 Å². The van der Waals surface area contributed by atoms with E-state index in [1.54, 1.807) is 0 Å². The molecule has 8 heteroatoms. The van der Waals surface area contributed by atoms with Crippen LogP contribution >= 0.6 is 0 Å². The number of halogens is 2. The van der Waals surface area contributed by atoms with E-state index in [9.17, 15) is 28.5 Å². The molecule has 6 nitrogen and oxygen atoms in total. The second kappa shape index (κ2) is 3.95. The fourth-order valence-electron chi connectivity index (χ4n) is 1.00. The zero-order valence-electron chi connectivity index (χ0n) is 7.07. The van der Waals surface area contributed by atoms with Crippen LogP contribution in [0.1, 0.15) is 22.6 Å². The first kappa shape index (κ1) is 11.0. The van der Waals surface area contributed by atoms with E-state index in [-0.39, 0.29) is 6.29 Å². The minimum absolute atomic E-state index is 0.122. The second-order valence-electron chi connectivity index (χ2n) is 2.53. The monoisotopic (exact) mass is 218 g/mol. The molecule has 0 radical (unpaired) electrons. The fraction of sp³-hybridized carbons (Fsp3) is 0.143. The van der Waals surface area contributed by atoms with E-state index in [2.05, 4.69) is 0 Å². The van der Waals surface area contributed by atoms with Crippen molar-refractivity contribution in [3.63, 3.8) is 0 Å². The fourth-order valence-corrected chi connectivity index (χ4v) is 1.00. The third-order valence-electron chi connectivity index (χ3n) is 1.58. The van der Waals surface area contributed by atoms with Gasteiger partial charge in [0.15, 0.2) is 12.0 Å². The quantitative estimate of drug-likeness (QED) is 0.465. The highest BCUT2D eigenvalue weighted by Crippen LogP contribution is 2.23. The highest BCUT2D eigenvalue weighted by atomic mass is 19.3. The molecule has 0 amide bonds. The Morgan fingerprint density at radius 2 is 2.13 bits per heavy atom. The maximum Gasteiger partial charge on any atom is 0.341 e. The van der Waals surface area contributed by atoms with E-state index >= 15 is 0 Å². The Morgan fingerprint density at radius 3 is 2.53 bits per heavy atom. The number of alkyl halides is 2. The third-order valence-corrected chi connectivity index (χ3v) is 1.58. The van der Waals surface area contributed by atoms with Crippen molar-refractivity contribution in [2.24, 2.45) is 0 Å². The predicted octanol–water partition coefficient (Wildman–Crippen LogP) is 1.03. The number of aromatic amines is 1. The zero-order valence-corrected chi connectivity index (χ0v) is 7.07. The van der Waals surface area contributed by atoms with Gasteiger partial charge in [-0.3, -0.25) is 19.7 Å². The van der Waals surface area contributed by atoms with Crippen LogP contribution in [0.25, 0.3) is 0 Å². The summed E-state index contributed by atoms with van der Waals surface area (Å²) in [5.41, 5.74) is -4.05. The molecule has 0 saturated carbocycles. The van der Waals surface area contributed by atoms with E-state index in [0.29, 0.717) is 6.07 Å². The Hall–Kier alpha value is -2.12. The van der Waals surface area contributed by atoms with E-state index < -0.39 is 33.9 Å². The number of nitrogens with zero attached hydrogens (tertiary/aromatic N) is 1. The molecule has 0 unspecified atom stereocenters. The number of hydrogen-bond acceptors (Lipinski definition) is 4. The molecule has 0 aliphatic rings. The molecule has 0 atom stereocenters. The smallest absolute Gasteiger partial charge is 0.341 e. The maximum atomic E-state index is 12.3. The van der Waals surface area contributed by atoms with Crippen molar-refractivity contribution in [3.05, 3.63) is 37.8 Å². The summed E-state index contributed by atoms with van der Waals surface area (Å²) in [6.07, 6.45) is -3.10. The van der Waals surface area contributed by atoms with Crippen molar-refractivity contribution in [1.29, 1.82) is 0 Å². The number of nitro groups is 1. The van der Waals surface area contributed by atoms with Crippen molar-refractivity contribution in [3.8, 4) is 0 Å². The lowest BCUT2D eigenvalue weighted by Gasteiger charge is -2.01. The highest BCUT2D eigenvalue weighted by molar-refractivity contribution is 5.72. The van der Waals surface area contributed by atoms with Crippen LogP contribution in [-0.2, 0) is 0 Å². The standard InChI is InChI=1S/C7H4F2N2O4/c8-7(9)5-6(11(14)15)4(13)1-3(2-12)10-5/h1-2,7H,(H,10,13). The summed E-state index contributed by atoms with van der Waals surface area (Å²) in [5, 5.41) is 10.3. The molecule has 0 aliphatic carbocycles. The van der Waals surface area contributed by atoms with E-state index in [0.717, 1.165) is 0 Å². The summed E-state index contributed by atoms with van der Waals surface area (Å²) < 4.78 is 24.6. The van der Waals surface area contributed by atoms with Crippen LogP contribution in [0.15, 0.2) is 10.9 Å². The number of pyridine rings is 1. The molecule has 0 spiro atoms. The number of nitrogens with one attached hydrogen (secondary N) is 1. The molecular weight excluding hydrogens is 214 g/mol. The normalized spacial score (nSPS) is 10.3. The zero-order chi connectivity index (χ0) is 11.6. The van der Waals surface area contributed by atoms with Gasteiger partial charge in [-0.2, -0.15) is 0 Å². The van der Waals surface area contributed by atoms with Gasteiger partial charge >= 0.3 is 5.69 Å². The molecule has 1 aromatic rings. The molecule has 80 valence electrons. The topological polar surface area (TPSA) is 93.1 Å². The minimum atomic E-state index is -3.22. The summed E-state index contributed by atoms with van der Waals surface area (Å²) in [7, 11) is 0. The van der Waals surface area contributed by atoms with Gasteiger partial charge in [-0.05, 0) is 0 Å². The molecule has 0 saturated heterocycles. The minimum Gasteiger partial charge on any atom is -0.346 e. The van der Waals surface area contributed by atoms with Gasteiger partial charge in [-0.15, -0.1) is 0 Å². The van der Waals surface area contributed by atoms with E-state index in [1.807, 2.05) is 4.98 Å². The molecular formula is C7H4F2N2O4. The lowest BCUT2D eigenvalue weighted by atomic mass is 10.2. The molecule has 15 heavy (non-hydrogen) atoms. The first-order valence-electron chi connectivity index (χ1n) is 3.62. The Kier molecular flexibility index (Phi) is 2.88. The van der Waals surface area contributed by atoms with Crippen molar-refractivity contribution >= 4 is 12.0 Å². The summed E-state index contributed by atoms with van der Waals surface area (Å²) in [5.74, 6) is 0. The number of aromatic nitrogens is 1. The maximum absolute atomic E-state index is 12.3. The Balaban J connectivity index is 3.56. The summed E-state index contributed by atoms with van der Waals surface area (Å²) in [6, 6.07) is 0.594. The van der Waals surface area contributed by atoms with Gasteiger partial charge in [-0.1, -0.05) is 0 Å². The van der Waals surface area contributed by atoms with Crippen molar-refractivity contribution < 1.29 is 18.5 Å². The van der Waals surface area contributed by atoms with E-state index in [4.69, 9.17) is 0 Å². The first-order chi connectivity index (χ1) is 6.97. The van der Waals surface area contributed by atoms with Crippen molar-refractivity contribution in [2.45, 2.75) is 6.43 Å². The van der Waals surface area contributed by atoms with E-state index in [1.165, 1.54) is 0 Å². The van der Waals surface area contributed by atoms with Gasteiger partial charge in [-0.25, -0.2) is 8.78 Å². The van der Waals surface area contributed by atoms with Crippen molar-refractivity contribution in [2.75, 3.05) is 0 Å². The predicted molar refractivity (Wildman–Crippen MR) is 44.1 cm³/mol. The number of rotatable bonds is 3. The number of H-pyrrole nitrogens is 1. The molecule has 0 aliphatic heterocycles. The highest BCUT2D eigenvalue weighted by Gasteiger charge is 2.26. The average molecular weight is 218 g/mol. The van der Waals surface area contributed by atoms with Gasteiger partial charge in [0.25, 0.3) is 11.9 Å². The molecule has 0 aromatic carbocycles. The van der Waals surface area contributed by atoms with Crippen LogP contribution in [0.3, 0.4) is 0 Å². The third kappa shape index (κ3) is 2.03. The van der Waals surface area contributed by atoms with Crippen LogP contribution in [0, 0.1) is 10.1 Å². The molecule has 0 fully saturated rings. The second-order valence-corrected chi connectivity index (χ2v) is 2.53. The van der Waals surface area contributed by atoms with Crippen LogP contribution in [0.5, 0.6) is 0 Å². The Labute approximate surface area is 80.7 Å². The van der Waals surface area contributed by atoms with Crippen molar-refractivity contribution in [1.82, 2.24) is 4.98 Å². The SMILES string of the molecule is O=Cc1cc(=O)c([N+](=O)[O-])c(C(F)F)[nH]1. The molecule has 1 heterocycles. The van der Waals surface area contributed by atoms with Gasteiger partial charge in [0.2, 0.25) is 0 Å². The summed E-state index contributed by atoms with van der Waals surface area (Å²) in [6.45, 7) is 0. The van der Waals surface area contributed by atoms with Gasteiger partial charge < -0.3 is 4.98 Å². The molecule has 1 rings (SSSR count). The van der Waals surface area contributed by atoms with Crippen LogP contribution in [0.4, 0.5) is 14.5 Å². The van der Waals surface area contributed by atoms with Gasteiger partial charge in [0.05, 0.1) is 10.6 Å². The largest absolute Gasteiger partial charge is 0.346 e.